The molecule has 0 aromatic heterocycles. The number of rotatable bonds is 2. The molecule has 1 aliphatic carbocycles. The lowest BCUT2D eigenvalue weighted by Gasteiger charge is -2.38. The van der Waals surface area contributed by atoms with Crippen LogP contribution in [-0.4, -0.2) is 11.1 Å². The van der Waals surface area contributed by atoms with Crippen LogP contribution in [0.3, 0.4) is 0 Å². The van der Waals surface area contributed by atoms with Crippen molar-refractivity contribution in [1.29, 1.82) is 0 Å². The van der Waals surface area contributed by atoms with Gasteiger partial charge in [-0.3, -0.25) is 4.79 Å². The molecular weight excluding hydrogens is 202 g/mol. The first-order chi connectivity index (χ1) is 7.47. The van der Waals surface area contributed by atoms with E-state index in [1.54, 1.807) is 0 Å². The van der Waals surface area contributed by atoms with Crippen LogP contribution in [0.5, 0.6) is 0 Å². The maximum Gasteiger partial charge on any atom is 0.314 e. The van der Waals surface area contributed by atoms with Gasteiger partial charge in [0.1, 0.15) is 0 Å². The van der Waals surface area contributed by atoms with Gasteiger partial charge >= 0.3 is 5.97 Å². The number of carboxylic acid groups (broad SMARTS) is 1. The van der Waals surface area contributed by atoms with Crippen LogP contribution in [0.4, 0.5) is 5.69 Å². The molecule has 1 saturated carbocycles. The Bertz CT molecular complexity index is 424. The fourth-order valence-corrected chi connectivity index (χ4v) is 2.41. The van der Waals surface area contributed by atoms with Gasteiger partial charge in [-0.1, -0.05) is 18.6 Å². The van der Waals surface area contributed by atoms with E-state index in [-0.39, 0.29) is 0 Å². The zero-order chi connectivity index (χ0) is 11.9. The molecule has 3 heteroatoms. The van der Waals surface area contributed by atoms with Gasteiger partial charge in [-0.05, 0) is 43.4 Å². The summed E-state index contributed by atoms with van der Waals surface area (Å²) < 4.78 is 0. The van der Waals surface area contributed by atoms with Gasteiger partial charge in [0.05, 0.1) is 5.41 Å². The molecule has 0 heterocycles. The fraction of sp³-hybridized carbons (Fsp3) is 0.462. The minimum absolute atomic E-state index is 0.650. The number of hydrogen-bond donors (Lipinski definition) is 2. The second-order valence-electron chi connectivity index (χ2n) is 4.76. The van der Waals surface area contributed by atoms with E-state index in [1.807, 2.05) is 26.0 Å². The summed E-state index contributed by atoms with van der Waals surface area (Å²) in [4.78, 5) is 11.4. The molecule has 0 bridgehead atoms. The Morgan fingerprint density at radius 1 is 1.31 bits per heavy atom. The minimum Gasteiger partial charge on any atom is -0.481 e. The van der Waals surface area contributed by atoms with Gasteiger partial charge in [0.15, 0.2) is 0 Å². The fourth-order valence-electron chi connectivity index (χ4n) is 2.41. The van der Waals surface area contributed by atoms with Crippen LogP contribution in [0.25, 0.3) is 0 Å². The van der Waals surface area contributed by atoms with E-state index in [2.05, 4.69) is 0 Å². The summed E-state index contributed by atoms with van der Waals surface area (Å²) in [5.41, 5.74) is 8.86. The second-order valence-corrected chi connectivity index (χ2v) is 4.76. The van der Waals surface area contributed by atoms with Crippen LogP contribution in [0.2, 0.25) is 0 Å². The SMILES string of the molecule is Cc1cc(C2(C(=O)O)CCC2)cc(C)c1N. The van der Waals surface area contributed by atoms with E-state index in [0.717, 1.165) is 41.6 Å². The average molecular weight is 219 g/mol. The third kappa shape index (κ3) is 1.39. The topological polar surface area (TPSA) is 63.3 Å². The summed E-state index contributed by atoms with van der Waals surface area (Å²) in [5.74, 6) is -0.706. The van der Waals surface area contributed by atoms with Crippen LogP contribution in [0.1, 0.15) is 36.0 Å². The van der Waals surface area contributed by atoms with Crippen LogP contribution >= 0.6 is 0 Å². The van der Waals surface area contributed by atoms with Crippen LogP contribution in [0.15, 0.2) is 12.1 Å². The zero-order valence-corrected chi connectivity index (χ0v) is 9.71. The Hall–Kier alpha value is -1.51. The standard InChI is InChI=1S/C13H17NO2/c1-8-6-10(7-9(2)11(8)14)13(12(15)16)4-3-5-13/h6-7H,3-5,14H2,1-2H3,(H,15,16). The molecule has 1 aromatic rings. The normalized spacial score (nSPS) is 17.9. The first kappa shape index (κ1) is 11.0. The molecule has 0 spiro atoms. The number of aliphatic carboxylic acids is 1. The summed E-state index contributed by atoms with van der Waals surface area (Å²) in [6.45, 7) is 3.86. The largest absolute Gasteiger partial charge is 0.481 e. The van der Waals surface area contributed by atoms with Gasteiger partial charge in [-0.15, -0.1) is 0 Å². The number of carboxylic acids is 1. The molecule has 3 nitrogen and oxygen atoms in total. The molecule has 0 aliphatic heterocycles. The monoisotopic (exact) mass is 219 g/mol. The van der Waals surface area contributed by atoms with Crippen molar-refractivity contribution in [3.05, 3.63) is 28.8 Å². The third-order valence-corrected chi connectivity index (χ3v) is 3.76. The maximum absolute atomic E-state index is 11.4. The predicted molar refractivity (Wildman–Crippen MR) is 63.5 cm³/mol. The van der Waals surface area contributed by atoms with Crippen molar-refractivity contribution in [2.75, 3.05) is 5.73 Å². The molecule has 2 rings (SSSR count). The lowest BCUT2D eigenvalue weighted by molar-refractivity contribution is -0.147. The van der Waals surface area contributed by atoms with E-state index in [9.17, 15) is 9.90 Å². The molecule has 1 aromatic carbocycles. The minimum atomic E-state index is -0.706. The summed E-state index contributed by atoms with van der Waals surface area (Å²) in [6, 6.07) is 3.85. The quantitative estimate of drug-likeness (QED) is 0.751. The van der Waals surface area contributed by atoms with Crippen molar-refractivity contribution >= 4 is 11.7 Å². The number of aryl methyl sites for hydroxylation is 2. The van der Waals surface area contributed by atoms with E-state index >= 15 is 0 Å². The molecule has 0 radical (unpaired) electrons. The second kappa shape index (κ2) is 3.51. The van der Waals surface area contributed by atoms with E-state index in [1.165, 1.54) is 0 Å². The number of benzene rings is 1. The van der Waals surface area contributed by atoms with Crippen LogP contribution in [0, 0.1) is 13.8 Å². The Labute approximate surface area is 95.3 Å². The molecular formula is C13H17NO2. The van der Waals surface area contributed by atoms with Gasteiger partial charge < -0.3 is 10.8 Å². The third-order valence-electron chi connectivity index (χ3n) is 3.76. The predicted octanol–water partition coefficient (Wildman–Crippen LogP) is 2.39. The van der Waals surface area contributed by atoms with Crippen molar-refractivity contribution in [1.82, 2.24) is 0 Å². The number of nitrogen functional groups attached to an aromatic ring is 1. The Morgan fingerprint density at radius 3 is 2.12 bits per heavy atom. The first-order valence-electron chi connectivity index (χ1n) is 5.58. The zero-order valence-electron chi connectivity index (χ0n) is 9.71. The Kier molecular flexibility index (Phi) is 2.41. The number of carbonyl (C=O) groups is 1. The highest BCUT2D eigenvalue weighted by atomic mass is 16.4. The molecule has 1 fully saturated rings. The van der Waals surface area contributed by atoms with E-state index < -0.39 is 11.4 Å². The molecule has 0 unspecified atom stereocenters. The molecule has 86 valence electrons. The Balaban J connectivity index is 2.52. The molecule has 1 aliphatic rings. The van der Waals surface area contributed by atoms with Gasteiger partial charge in [0, 0.05) is 5.69 Å². The highest BCUT2D eigenvalue weighted by Gasteiger charge is 2.46. The number of hydrogen-bond acceptors (Lipinski definition) is 2. The molecule has 0 atom stereocenters. The van der Waals surface area contributed by atoms with E-state index in [0.29, 0.717) is 0 Å². The van der Waals surface area contributed by atoms with Gasteiger partial charge in [0.2, 0.25) is 0 Å². The van der Waals surface area contributed by atoms with Crippen LogP contribution in [-0.2, 0) is 10.2 Å². The number of nitrogens with two attached hydrogens (primary N) is 1. The van der Waals surface area contributed by atoms with Gasteiger partial charge in [-0.2, -0.15) is 0 Å². The maximum atomic E-state index is 11.4. The summed E-state index contributed by atoms with van der Waals surface area (Å²) in [7, 11) is 0. The smallest absolute Gasteiger partial charge is 0.314 e. The van der Waals surface area contributed by atoms with Gasteiger partial charge in [0.25, 0.3) is 0 Å². The van der Waals surface area contributed by atoms with Crippen molar-refractivity contribution in [3.8, 4) is 0 Å². The molecule has 3 N–H and O–H groups in total. The summed E-state index contributed by atoms with van der Waals surface area (Å²) in [6.07, 6.45) is 2.48. The number of anilines is 1. The van der Waals surface area contributed by atoms with E-state index in [4.69, 9.17) is 5.73 Å². The Morgan fingerprint density at radius 2 is 1.81 bits per heavy atom. The van der Waals surface area contributed by atoms with Crippen molar-refractivity contribution < 1.29 is 9.90 Å². The lowest BCUT2D eigenvalue weighted by atomic mass is 9.64. The first-order valence-corrected chi connectivity index (χ1v) is 5.58. The van der Waals surface area contributed by atoms with Crippen molar-refractivity contribution in [2.24, 2.45) is 0 Å². The lowest BCUT2D eigenvalue weighted by Crippen LogP contribution is -2.42. The van der Waals surface area contributed by atoms with Crippen molar-refractivity contribution in [2.45, 2.75) is 38.5 Å². The highest BCUT2D eigenvalue weighted by molar-refractivity contribution is 5.83. The molecule has 0 amide bonds. The highest BCUT2D eigenvalue weighted by Crippen LogP contribution is 2.45. The summed E-state index contributed by atoms with van der Waals surface area (Å²) >= 11 is 0. The van der Waals surface area contributed by atoms with Gasteiger partial charge in [-0.25, -0.2) is 0 Å². The summed E-state index contributed by atoms with van der Waals surface area (Å²) in [5, 5.41) is 9.36. The van der Waals surface area contributed by atoms with Crippen molar-refractivity contribution in [3.63, 3.8) is 0 Å². The molecule has 0 saturated heterocycles. The van der Waals surface area contributed by atoms with Crippen LogP contribution < -0.4 is 5.73 Å². The average Bonchev–Trinajstić information content (AvgIpc) is 2.11. The molecule has 16 heavy (non-hydrogen) atoms.